The zero-order valence-electron chi connectivity index (χ0n) is 20.8. The smallest absolute Gasteiger partial charge is 0.407 e. The lowest BCUT2D eigenvalue weighted by Gasteiger charge is -2.37. The van der Waals surface area contributed by atoms with Crippen LogP contribution in [0.3, 0.4) is 0 Å². The lowest BCUT2D eigenvalue weighted by atomic mass is 9.95. The average molecular weight is 518 g/mol. The predicted molar refractivity (Wildman–Crippen MR) is 128 cm³/mol. The van der Waals surface area contributed by atoms with Crippen LogP contribution in [0.4, 0.5) is 10.6 Å². The van der Waals surface area contributed by atoms with Crippen molar-refractivity contribution < 1.29 is 34.1 Å². The number of anilines is 1. The van der Waals surface area contributed by atoms with Crippen molar-refractivity contribution in [1.29, 1.82) is 0 Å². The van der Waals surface area contributed by atoms with Gasteiger partial charge in [0.2, 0.25) is 0 Å². The molecule has 0 bridgehead atoms. The molecule has 200 valence electrons. The number of likely N-dealkylation sites (tertiary alicyclic amines) is 1. The highest BCUT2D eigenvalue weighted by molar-refractivity contribution is 5.83. The Morgan fingerprint density at radius 1 is 1.27 bits per heavy atom. The standard InChI is InChI=1S/C23H31N7O7/c1-4-11-9-14(37-28-11)18-16(31)17(32)21(36-18)30-10-24-15-19(26-22(35-3)27-20(15)30)25-12-6-7-29(23(33)34)13(5-2)8-12/h9-10,12-13,16-18,21,31-32H,4-8H2,1-3H3,(H,33,34)(H,25,26,27)/t12?,13?,16-,17+,18+,21+/m0/s1. The minimum absolute atomic E-state index is 0.0350. The van der Waals surface area contributed by atoms with Gasteiger partial charge in [-0.1, -0.05) is 19.0 Å². The van der Waals surface area contributed by atoms with Crippen LogP contribution in [-0.2, 0) is 11.2 Å². The van der Waals surface area contributed by atoms with Gasteiger partial charge in [-0.05, 0) is 25.7 Å². The first-order chi connectivity index (χ1) is 17.8. The molecule has 5 rings (SSSR count). The Morgan fingerprint density at radius 2 is 2.08 bits per heavy atom. The normalized spacial score (nSPS) is 28.1. The van der Waals surface area contributed by atoms with Crippen LogP contribution < -0.4 is 10.1 Å². The Balaban J connectivity index is 1.43. The summed E-state index contributed by atoms with van der Waals surface area (Å²) in [5.74, 6) is 0.750. The van der Waals surface area contributed by atoms with Crippen molar-refractivity contribution in [3.05, 3.63) is 23.8 Å². The lowest BCUT2D eigenvalue weighted by Crippen LogP contribution is -2.48. The Morgan fingerprint density at radius 3 is 2.76 bits per heavy atom. The second-order valence-corrected chi connectivity index (χ2v) is 9.29. The number of nitrogens with zero attached hydrogens (tertiary/aromatic N) is 6. The van der Waals surface area contributed by atoms with Gasteiger partial charge in [0.15, 0.2) is 29.0 Å². The van der Waals surface area contributed by atoms with Crippen LogP contribution in [0.2, 0.25) is 0 Å². The molecule has 1 amide bonds. The molecule has 3 aromatic rings. The highest BCUT2D eigenvalue weighted by Crippen LogP contribution is 2.40. The number of ether oxygens (including phenoxy) is 2. The van der Waals surface area contributed by atoms with Crippen molar-refractivity contribution in [1.82, 2.24) is 29.6 Å². The summed E-state index contributed by atoms with van der Waals surface area (Å²) in [6.07, 6.45) is -1.34. The van der Waals surface area contributed by atoms with Gasteiger partial charge in [0.25, 0.3) is 0 Å². The molecule has 0 radical (unpaired) electrons. The number of imidazole rings is 1. The van der Waals surface area contributed by atoms with Crippen LogP contribution in [0.15, 0.2) is 16.9 Å². The number of fused-ring (bicyclic) bond motifs is 1. The number of amides is 1. The first kappa shape index (κ1) is 25.2. The van der Waals surface area contributed by atoms with E-state index in [9.17, 15) is 20.1 Å². The van der Waals surface area contributed by atoms with Gasteiger partial charge in [-0.25, -0.2) is 9.78 Å². The first-order valence-electron chi connectivity index (χ1n) is 12.4. The van der Waals surface area contributed by atoms with Gasteiger partial charge in [-0.15, -0.1) is 0 Å². The molecule has 5 heterocycles. The maximum Gasteiger partial charge on any atom is 0.407 e. The molecule has 3 aromatic heterocycles. The van der Waals surface area contributed by atoms with Gasteiger partial charge in [-0.3, -0.25) is 4.57 Å². The fraction of sp³-hybridized carbons (Fsp3) is 0.609. The van der Waals surface area contributed by atoms with Crippen molar-refractivity contribution in [3.8, 4) is 6.01 Å². The Kier molecular flexibility index (Phi) is 6.88. The summed E-state index contributed by atoms with van der Waals surface area (Å²) in [7, 11) is 1.44. The van der Waals surface area contributed by atoms with Crippen LogP contribution in [0.5, 0.6) is 6.01 Å². The summed E-state index contributed by atoms with van der Waals surface area (Å²) >= 11 is 0. The third-order valence-corrected chi connectivity index (χ3v) is 7.09. The number of rotatable bonds is 7. The number of aromatic nitrogens is 5. The molecule has 2 aliphatic rings. The number of aliphatic hydroxyl groups is 2. The number of piperidine rings is 1. The second-order valence-electron chi connectivity index (χ2n) is 9.29. The van der Waals surface area contributed by atoms with Crippen LogP contribution in [0, 0.1) is 0 Å². The fourth-order valence-corrected chi connectivity index (χ4v) is 5.04. The summed E-state index contributed by atoms with van der Waals surface area (Å²) in [5.41, 5.74) is 1.48. The van der Waals surface area contributed by atoms with Crippen LogP contribution in [0.25, 0.3) is 11.2 Å². The molecule has 0 spiro atoms. The molecule has 4 N–H and O–H groups in total. The van der Waals surface area contributed by atoms with Crippen molar-refractivity contribution in [2.75, 3.05) is 19.0 Å². The number of hydrogen-bond acceptors (Lipinski definition) is 11. The maximum atomic E-state index is 11.6. The highest BCUT2D eigenvalue weighted by atomic mass is 16.6. The molecule has 2 fully saturated rings. The Labute approximate surface area is 212 Å². The van der Waals surface area contributed by atoms with E-state index in [1.165, 1.54) is 22.9 Å². The monoisotopic (exact) mass is 517 g/mol. The zero-order valence-corrected chi connectivity index (χ0v) is 20.8. The van der Waals surface area contributed by atoms with Crippen LogP contribution in [-0.4, -0.2) is 88.9 Å². The summed E-state index contributed by atoms with van der Waals surface area (Å²) in [6.45, 7) is 4.31. The molecule has 0 aromatic carbocycles. The molecule has 37 heavy (non-hydrogen) atoms. The number of nitrogens with one attached hydrogen (secondary N) is 1. The largest absolute Gasteiger partial charge is 0.467 e. The molecule has 14 heteroatoms. The molecule has 6 atom stereocenters. The zero-order chi connectivity index (χ0) is 26.3. The molecular formula is C23H31N7O7. The van der Waals surface area contributed by atoms with E-state index in [1.54, 1.807) is 6.07 Å². The van der Waals surface area contributed by atoms with Gasteiger partial charge in [0.05, 0.1) is 19.1 Å². The molecule has 2 saturated heterocycles. The number of carbonyl (C=O) groups is 1. The van der Waals surface area contributed by atoms with E-state index < -0.39 is 30.6 Å². The lowest BCUT2D eigenvalue weighted by molar-refractivity contribution is -0.0434. The number of aliphatic hydroxyl groups excluding tert-OH is 2. The number of carboxylic acid groups (broad SMARTS) is 1. The van der Waals surface area contributed by atoms with Crippen molar-refractivity contribution in [2.24, 2.45) is 0 Å². The number of methoxy groups -OCH3 is 1. The van der Waals surface area contributed by atoms with Crippen molar-refractivity contribution in [3.63, 3.8) is 0 Å². The molecule has 14 nitrogen and oxygen atoms in total. The van der Waals surface area contributed by atoms with E-state index >= 15 is 0 Å². The molecule has 0 saturated carbocycles. The van der Waals surface area contributed by atoms with Crippen molar-refractivity contribution in [2.45, 2.75) is 76.2 Å². The van der Waals surface area contributed by atoms with Crippen LogP contribution >= 0.6 is 0 Å². The van der Waals surface area contributed by atoms with E-state index in [1.807, 2.05) is 13.8 Å². The van der Waals surface area contributed by atoms with Gasteiger partial charge in [0.1, 0.15) is 18.3 Å². The second kappa shape index (κ2) is 10.1. The topological polar surface area (TPSA) is 181 Å². The SMILES string of the molecule is CCc1cc([C@H]2O[C@@H](n3cnc4c(NC5CCN(C(=O)O)C(CC)C5)nc(OC)nc43)[C@H](O)[C@@H]2O)on1. The van der Waals surface area contributed by atoms with Gasteiger partial charge in [-0.2, -0.15) is 9.97 Å². The molecular weight excluding hydrogens is 486 g/mol. The third-order valence-electron chi connectivity index (χ3n) is 7.09. The fourth-order valence-electron chi connectivity index (χ4n) is 5.04. The Hall–Kier alpha value is -3.49. The van der Waals surface area contributed by atoms with E-state index in [0.29, 0.717) is 60.7 Å². The number of aryl methyl sites for hydroxylation is 1. The minimum atomic E-state index is -1.29. The van der Waals surface area contributed by atoms with Gasteiger partial charge >= 0.3 is 12.1 Å². The summed E-state index contributed by atoms with van der Waals surface area (Å²) in [5, 5.41) is 38.3. The highest BCUT2D eigenvalue weighted by Gasteiger charge is 2.47. The maximum absolute atomic E-state index is 11.6. The summed E-state index contributed by atoms with van der Waals surface area (Å²) in [6, 6.07) is 1.64. The molecule has 2 unspecified atom stereocenters. The van der Waals surface area contributed by atoms with Gasteiger partial charge < -0.3 is 39.5 Å². The minimum Gasteiger partial charge on any atom is -0.467 e. The predicted octanol–water partition coefficient (Wildman–Crippen LogP) is 1.71. The van der Waals surface area contributed by atoms with E-state index in [-0.39, 0.29) is 18.1 Å². The summed E-state index contributed by atoms with van der Waals surface area (Å²) in [4.78, 5) is 26.4. The van der Waals surface area contributed by atoms with E-state index in [4.69, 9.17) is 14.0 Å². The molecule has 2 aliphatic heterocycles. The van der Waals surface area contributed by atoms with E-state index in [2.05, 4.69) is 25.4 Å². The Bertz CT molecular complexity index is 1260. The average Bonchev–Trinajstić information content (AvgIpc) is 3.62. The summed E-state index contributed by atoms with van der Waals surface area (Å²) < 4.78 is 18.2. The van der Waals surface area contributed by atoms with Crippen LogP contribution in [0.1, 0.15) is 56.9 Å². The van der Waals surface area contributed by atoms with Crippen molar-refractivity contribution >= 4 is 23.1 Å². The number of hydrogen-bond donors (Lipinski definition) is 4. The molecule has 0 aliphatic carbocycles. The first-order valence-corrected chi connectivity index (χ1v) is 12.4. The quantitative estimate of drug-likeness (QED) is 0.357. The van der Waals surface area contributed by atoms with E-state index in [0.717, 1.165) is 0 Å². The van der Waals surface area contributed by atoms with Gasteiger partial charge in [0, 0.05) is 24.7 Å². The third kappa shape index (κ3) is 4.55.